The number of anilines is 1. The molecule has 0 saturated heterocycles. The van der Waals surface area contributed by atoms with E-state index < -0.39 is 0 Å². The van der Waals surface area contributed by atoms with Gasteiger partial charge in [-0.1, -0.05) is 71.9 Å². The van der Waals surface area contributed by atoms with Crippen molar-refractivity contribution in [1.82, 2.24) is 14.8 Å². The third-order valence-electron chi connectivity index (χ3n) is 5.30. The predicted octanol–water partition coefficient (Wildman–Crippen LogP) is 5.98. The average molecular weight is 443 g/mol. The molecule has 1 amide bonds. The Labute approximate surface area is 192 Å². The van der Waals surface area contributed by atoms with E-state index in [1.54, 1.807) is 0 Å². The fraction of sp³-hybridized carbons (Fsp3) is 0.192. The van der Waals surface area contributed by atoms with Crippen molar-refractivity contribution < 1.29 is 4.79 Å². The van der Waals surface area contributed by atoms with Crippen LogP contribution in [0.3, 0.4) is 0 Å². The largest absolute Gasteiger partial charge is 0.325 e. The van der Waals surface area contributed by atoms with Gasteiger partial charge in [0.05, 0.1) is 5.25 Å². The third-order valence-corrected chi connectivity index (χ3v) is 6.35. The molecule has 4 rings (SSSR count). The first-order chi connectivity index (χ1) is 15.4. The molecule has 0 fully saturated rings. The number of aryl methyl sites for hydroxylation is 3. The minimum Gasteiger partial charge on any atom is -0.325 e. The summed E-state index contributed by atoms with van der Waals surface area (Å²) in [6, 6.07) is 24.2. The van der Waals surface area contributed by atoms with E-state index in [0.717, 1.165) is 39.5 Å². The van der Waals surface area contributed by atoms with Gasteiger partial charge in [-0.25, -0.2) is 0 Å². The topological polar surface area (TPSA) is 59.8 Å². The van der Waals surface area contributed by atoms with Crippen LogP contribution in [0.5, 0.6) is 0 Å². The van der Waals surface area contributed by atoms with Crippen LogP contribution in [-0.4, -0.2) is 25.9 Å². The molecular formula is C26H26N4OS. The van der Waals surface area contributed by atoms with Crippen molar-refractivity contribution in [2.24, 2.45) is 0 Å². The molecule has 32 heavy (non-hydrogen) atoms. The lowest BCUT2D eigenvalue weighted by Crippen LogP contribution is -2.23. The highest BCUT2D eigenvalue weighted by molar-refractivity contribution is 8.00. The van der Waals surface area contributed by atoms with Crippen LogP contribution in [-0.2, 0) is 4.79 Å². The van der Waals surface area contributed by atoms with E-state index in [1.165, 1.54) is 11.8 Å². The number of hydrogen-bond donors (Lipinski definition) is 1. The summed E-state index contributed by atoms with van der Waals surface area (Å²) in [4.78, 5) is 13.0. The number of para-hydroxylation sites is 2. The Bertz CT molecular complexity index is 1230. The van der Waals surface area contributed by atoms with Gasteiger partial charge in [0, 0.05) is 16.9 Å². The summed E-state index contributed by atoms with van der Waals surface area (Å²) in [5.74, 6) is 0.692. The standard InChI is InChI=1S/C26H26N4OS/c1-17-10-8-13-21(16-17)24-28-29-26(30(24)22-14-6-5-7-15-22)32-20(4)25(31)27-23-18(2)11-9-12-19(23)3/h5-16,20H,1-4H3,(H,27,31)/t20-/m0/s1. The fourth-order valence-electron chi connectivity index (χ4n) is 3.58. The predicted molar refractivity (Wildman–Crippen MR) is 131 cm³/mol. The molecule has 0 bridgehead atoms. The molecule has 4 aromatic rings. The second-order valence-corrected chi connectivity index (χ2v) is 9.17. The quantitative estimate of drug-likeness (QED) is 0.373. The molecule has 0 saturated carbocycles. The van der Waals surface area contributed by atoms with Crippen molar-refractivity contribution in [2.75, 3.05) is 5.32 Å². The zero-order valence-corrected chi connectivity index (χ0v) is 19.5. The molecule has 1 atom stereocenters. The Morgan fingerprint density at radius 3 is 2.28 bits per heavy atom. The number of carbonyl (C=O) groups excluding carboxylic acids is 1. The van der Waals surface area contributed by atoms with Crippen molar-refractivity contribution in [3.63, 3.8) is 0 Å². The summed E-state index contributed by atoms with van der Waals surface area (Å²) in [6.45, 7) is 7.95. The summed E-state index contributed by atoms with van der Waals surface area (Å²) in [6.07, 6.45) is 0. The number of carbonyl (C=O) groups is 1. The number of nitrogens with zero attached hydrogens (tertiary/aromatic N) is 3. The second kappa shape index (κ2) is 9.40. The lowest BCUT2D eigenvalue weighted by Gasteiger charge is -2.16. The summed E-state index contributed by atoms with van der Waals surface area (Å²) < 4.78 is 2.02. The molecule has 1 aromatic heterocycles. The molecule has 3 aromatic carbocycles. The van der Waals surface area contributed by atoms with Gasteiger partial charge < -0.3 is 5.32 Å². The van der Waals surface area contributed by atoms with Crippen LogP contribution in [0.4, 0.5) is 5.69 Å². The lowest BCUT2D eigenvalue weighted by atomic mass is 10.1. The van der Waals surface area contributed by atoms with Crippen LogP contribution in [0.1, 0.15) is 23.6 Å². The van der Waals surface area contributed by atoms with E-state index in [2.05, 4.69) is 34.6 Å². The van der Waals surface area contributed by atoms with Crippen LogP contribution < -0.4 is 5.32 Å². The lowest BCUT2D eigenvalue weighted by molar-refractivity contribution is -0.115. The van der Waals surface area contributed by atoms with Gasteiger partial charge in [-0.05, 0) is 57.0 Å². The number of amides is 1. The molecular weight excluding hydrogens is 416 g/mol. The number of nitrogens with one attached hydrogen (secondary N) is 1. The molecule has 5 nitrogen and oxygen atoms in total. The van der Waals surface area contributed by atoms with E-state index in [1.807, 2.05) is 86.0 Å². The molecule has 1 heterocycles. The molecule has 6 heteroatoms. The number of benzene rings is 3. The first-order valence-electron chi connectivity index (χ1n) is 10.6. The highest BCUT2D eigenvalue weighted by atomic mass is 32.2. The molecule has 0 spiro atoms. The summed E-state index contributed by atoms with van der Waals surface area (Å²) >= 11 is 1.40. The third kappa shape index (κ3) is 4.60. The van der Waals surface area contributed by atoms with Gasteiger partial charge in [-0.15, -0.1) is 10.2 Å². The SMILES string of the molecule is Cc1cccc(-c2nnc(S[C@@H](C)C(=O)Nc3c(C)cccc3C)n2-c2ccccc2)c1. The van der Waals surface area contributed by atoms with E-state index >= 15 is 0 Å². The van der Waals surface area contributed by atoms with E-state index in [4.69, 9.17) is 0 Å². The number of hydrogen-bond acceptors (Lipinski definition) is 4. The molecule has 162 valence electrons. The number of aromatic nitrogens is 3. The first kappa shape index (κ1) is 21.8. The number of thioether (sulfide) groups is 1. The highest BCUT2D eigenvalue weighted by Crippen LogP contribution is 2.31. The smallest absolute Gasteiger partial charge is 0.237 e. The van der Waals surface area contributed by atoms with Crippen molar-refractivity contribution in [1.29, 1.82) is 0 Å². The highest BCUT2D eigenvalue weighted by Gasteiger charge is 2.22. The maximum Gasteiger partial charge on any atom is 0.237 e. The van der Waals surface area contributed by atoms with E-state index in [-0.39, 0.29) is 11.2 Å². The molecule has 0 aliphatic heterocycles. The van der Waals surface area contributed by atoms with Crippen molar-refractivity contribution in [3.8, 4) is 17.1 Å². The van der Waals surface area contributed by atoms with Crippen molar-refractivity contribution in [2.45, 2.75) is 38.1 Å². The fourth-order valence-corrected chi connectivity index (χ4v) is 4.44. The monoisotopic (exact) mass is 442 g/mol. The van der Waals surface area contributed by atoms with E-state index in [0.29, 0.717) is 5.16 Å². The molecule has 0 aliphatic carbocycles. The zero-order valence-electron chi connectivity index (χ0n) is 18.7. The summed E-state index contributed by atoms with van der Waals surface area (Å²) in [5.41, 5.74) is 6.06. The van der Waals surface area contributed by atoms with Crippen LogP contribution in [0.15, 0.2) is 78.0 Å². The van der Waals surface area contributed by atoms with Crippen LogP contribution >= 0.6 is 11.8 Å². The van der Waals surface area contributed by atoms with E-state index in [9.17, 15) is 4.79 Å². The van der Waals surface area contributed by atoms with Gasteiger partial charge in [-0.3, -0.25) is 9.36 Å². The Kier molecular flexibility index (Phi) is 6.42. The Morgan fingerprint density at radius 2 is 1.59 bits per heavy atom. The van der Waals surface area contributed by atoms with Crippen LogP contribution in [0.25, 0.3) is 17.1 Å². The Morgan fingerprint density at radius 1 is 0.906 bits per heavy atom. The average Bonchev–Trinajstić information content (AvgIpc) is 3.20. The normalized spacial score (nSPS) is 11.9. The summed E-state index contributed by atoms with van der Waals surface area (Å²) in [5, 5.41) is 12.4. The maximum atomic E-state index is 13.0. The zero-order chi connectivity index (χ0) is 22.7. The molecule has 0 radical (unpaired) electrons. The Hall–Kier alpha value is -3.38. The molecule has 0 unspecified atom stereocenters. The van der Waals surface area contributed by atoms with Gasteiger partial charge in [0.15, 0.2) is 11.0 Å². The van der Waals surface area contributed by atoms with Gasteiger partial charge in [0.1, 0.15) is 0 Å². The maximum absolute atomic E-state index is 13.0. The molecule has 1 N–H and O–H groups in total. The Balaban J connectivity index is 1.66. The van der Waals surface area contributed by atoms with Gasteiger partial charge in [-0.2, -0.15) is 0 Å². The van der Waals surface area contributed by atoms with Crippen LogP contribution in [0, 0.1) is 20.8 Å². The minimum absolute atomic E-state index is 0.0629. The number of rotatable bonds is 6. The second-order valence-electron chi connectivity index (χ2n) is 7.86. The van der Waals surface area contributed by atoms with Gasteiger partial charge in [0.2, 0.25) is 5.91 Å². The molecule has 0 aliphatic rings. The van der Waals surface area contributed by atoms with Crippen molar-refractivity contribution in [3.05, 3.63) is 89.5 Å². The van der Waals surface area contributed by atoms with Crippen molar-refractivity contribution >= 4 is 23.4 Å². The summed E-state index contributed by atoms with van der Waals surface area (Å²) in [7, 11) is 0. The minimum atomic E-state index is -0.356. The van der Waals surface area contributed by atoms with Gasteiger partial charge in [0.25, 0.3) is 0 Å². The van der Waals surface area contributed by atoms with Crippen LogP contribution in [0.2, 0.25) is 0 Å². The van der Waals surface area contributed by atoms with Gasteiger partial charge >= 0.3 is 0 Å². The first-order valence-corrected chi connectivity index (χ1v) is 11.4.